The molecule has 0 bridgehead atoms. The maximum absolute atomic E-state index is 14.7. The molecule has 1 aliphatic rings. The lowest BCUT2D eigenvalue weighted by molar-refractivity contribution is 0.102. The number of halogens is 1. The topological polar surface area (TPSA) is 122 Å². The highest BCUT2D eigenvalue weighted by Crippen LogP contribution is 2.36. The van der Waals surface area contributed by atoms with E-state index in [1.54, 1.807) is 18.2 Å². The molecule has 10 heteroatoms. The number of anilines is 2. The number of thiazole rings is 1. The van der Waals surface area contributed by atoms with Crippen LogP contribution in [-0.4, -0.2) is 31.5 Å². The summed E-state index contributed by atoms with van der Waals surface area (Å²) in [6.07, 6.45) is 3.66. The number of H-pyrrole nitrogens is 1. The SMILES string of the molecule is Nc1cc(-c2nn[nH]n2)cc(F)c1C(=O)Nc1cccc(C#Cc2nc(C3CCC3)cs2)c1. The van der Waals surface area contributed by atoms with Crippen LogP contribution < -0.4 is 11.1 Å². The van der Waals surface area contributed by atoms with E-state index in [0.29, 0.717) is 22.7 Å². The van der Waals surface area contributed by atoms with Gasteiger partial charge < -0.3 is 11.1 Å². The number of tetrazole rings is 1. The van der Waals surface area contributed by atoms with Gasteiger partial charge in [0.15, 0.2) is 5.01 Å². The lowest BCUT2D eigenvalue weighted by atomic mass is 9.83. The summed E-state index contributed by atoms with van der Waals surface area (Å²) >= 11 is 1.54. The molecule has 0 radical (unpaired) electrons. The summed E-state index contributed by atoms with van der Waals surface area (Å²) in [5.74, 6) is 5.46. The van der Waals surface area contributed by atoms with Crippen molar-refractivity contribution in [2.45, 2.75) is 25.2 Å². The summed E-state index contributed by atoms with van der Waals surface area (Å²) in [7, 11) is 0. The number of aromatic amines is 1. The third kappa shape index (κ3) is 4.44. The number of nitrogens with one attached hydrogen (secondary N) is 2. The van der Waals surface area contributed by atoms with Gasteiger partial charge in [-0.2, -0.15) is 5.21 Å². The fraction of sp³-hybridized carbons (Fsp3) is 0.174. The van der Waals surface area contributed by atoms with Crippen molar-refractivity contribution < 1.29 is 9.18 Å². The molecule has 0 atom stereocenters. The van der Waals surface area contributed by atoms with Crippen molar-refractivity contribution in [2.24, 2.45) is 0 Å². The molecular weight excluding hydrogens is 441 g/mol. The van der Waals surface area contributed by atoms with Crippen LogP contribution in [0.15, 0.2) is 41.8 Å². The zero-order valence-corrected chi connectivity index (χ0v) is 18.1. The molecule has 4 N–H and O–H groups in total. The number of carbonyl (C=O) groups is 1. The summed E-state index contributed by atoms with van der Waals surface area (Å²) in [6.45, 7) is 0. The van der Waals surface area contributed by atoms with E-state index >= 15 is 0 Å². The van der Waals surface area contributed by atoms with E-state index in [0.717, 1.165) is 16.8 Å². The smallest absolute Gasteiger partial charge is 0.260 e. The van der Waals surface area contributed by atoms with Crippen molar-refractivity contribution in [3.8, 4) is 23.2 Å². The molecule has 0 saturated heterocycles. The molecule has 0 aliphatic heterocycles. The number of amides is 1. The van der Waals surface area contributed by atoms with Crippen molar-refractivity contribution in [3.63, 3.8) is 0 Å². The molecular formula is C23H18FN7OS. The quantitative estimate of drug-likeness (QED) is 0.314. The van der Waals surface area contributed by atoms with Crippen LogP contribution in [0.2, 0.25) is 0 Å². The maximum Gasteiger partial charge on any atom is 0.260 e. The third-order valence-electron chi connectivity index (χ3n) is 5.43. The monoisotopic (exact) mass is 459 g/mol. The van der Waals surface area contributed by atoms with Crippen LogP contribution >= 0.6 is 11.3 Å². The Hall–Kier alpha value is -4.10. The Bertz CT molecular complexity index is 1360. The first-order valence-electron chi connectivity index (χ1n) is 10.3. The van der Waals surface area contributed by atoms with Gasteiger partial charge in [0.05, 0.1) is 11.3 Å². The molecule has 4 aromatic rings. The number of nitrogens with zero attached hydrogens (tertiary/aromatic N) is 4. The second-order valence-electron chi connectivity index (χ2n) is 7.65. The third-order valence-corrected chi connectivity index (χ3v) is 6.21. The second-order valence-corrected chi connectivity index (χ2v) is 8.51. The van der Waals surface area contributed by atoms with E-state index in [4.69, 9.17) is 5.73 Å². The predicted molar refractivity (Wildman–Crippen MR) is 123 cm³/mol. The first kappa shape index (κ1) is 20.8. The van der Waals surface area contributed by atoms with Gasteiger partial charge in [0.1, 0.15) is 5.82 Å². The summed E-state index contributed by atoms with van der Waals surface area (Å²) in [6, 6.07) is 9.58. The predicted octanol–water partition coefficient (Wildman–Crippen LogP) is 3.96. The van der Waals surface area contributed by atoms with Crippen molar-refractivity contribution in [1.29, 1.82) is 0 Å². The molecule has 0 spiro atoms. The van der Waals surface area contributed by atoms with Crippen LogP contribution in [0.25, 0.3) is 11.4 Å². The van der Waals surface area contributed by atoms with Gasteiger partial charge in [0, 0.05) is 33.8 Å². The first-order chi connectivity index (χ1) is 16.1. The van der Waals surface area contributed by atoms with Crippen LogP contribution in [0, 0.1) is 17.7 Å². The van der Waals surface area contributed by atoms with Gasteiger partial charge in [-0.1, -0.05) is 18.4 Å². The highest BCUT2D eigenvalue weighted by atomic mass is 32.1. The van der Waals surface area contributed by atoms with Crippen LogP contribution in [0.1, 0.15) is 51.8 Å². The minimum atomic E-state index is -0.783. The summed E-state index contributed by atoms with van der Waals surface area (Å²) < 4.78 is 14.7. The summed E-state index contributed by atoms with van der Waals surface area (Å²) in [4.78, 5) is 17.3. The summed E-state index contributed by atoms with van der Waals surface area (Å²) in [5, 5.41) is 18.8. The standard InChI is InChI=1S/C23H18FN7OS/c24-17-10-15(22-28-30-31-29-22)11-18(25)21(17)23(32)26-16-6-1-3-13(9-16)7-8-20-27-19(12-33-20)14-4-2-5-14/h1,3,6,9-12,14H,2,4-5,25H2,(H,26,32)(H,28,29,30,31). The first-order valence-corrected chi connectivity index (χ1v) is 11.2. The molecule has 1 saturated carbocycles. The van der Waals surface area contributed by atoms with E-state index < -0.39 is 11.7 Å². The molecule has 8 nitrogen and oxygen atoms in total. The Morgan fingerprint density at radius 1 is 1.24 bits per heavy atom. The molecule has 33 heavy (non-hydrogen) atoms. The molecule has 2 aromatic carbocycles. The highest BCUT2D eigenvalue weighted by Gasteiger charge is 2.22. The van der Waals surface area contributed by atoms with Gasteiger partial charge in [-0.3, -0.25) is 4.79 Å². The van der Waals surface area contributed by atoms with Crippen LogP contribution in [0.4, 0.5) is 15.8 Å². The second kappa shape index (κ2) is 8.80. The fourth-order valence-corrected chi connectivity index (χ4v) is 4.26. The fourth-order valence-electron chi connectivity index (χ4n) is 3.51. The highest BCUT2D eigenvalue weighted by molar-refractivity contribution is 7.10. The molecule has 164 valence electrons. The minimum absolute atomic E-state index is 0.0331. The van der Waals surface area contributed by atoms with E-state index in [-0.39, 0.29) is 17.1 Å². The Labute approximate surface area is 192 Å². The Morgan fingerprint density at radius 2 is 2.12 bits per heavy atom. The molecule has 1 aliphatic carbocycles. The largest absolute Gasteiger partial charge is 0.398 e. The van der Waals surface area contributed by atoms with Gasteiger partial charge in [0.25, 0.3) is 5.91 Å². The van der Waals surface area contributed by atoms with Gasteiger partial charge in [-0.15, -0.1) is 21.5 Å². The van der Waals surface area contributed by atoms with E-state index in [1.165, 1.54) is 36.7 Å². The van der Waals surface area contributed by atoms with Crippen molar-refractivity contribution in [3.05, 3.63) is 69.4 Å². The molecule has 5 rings (SSSR count). The molecule has 1 amide bonds. The van der Waals surface area contributed by atoms with Crippen LogP contribution in [-0.2, 0) is 0 Å². The number of aromatic nitrogens is 5. The minimum Gasteiger partial charge on any atom is -0.398 e. The Morgan fingerprint density at radius 3 is 2.85 bits per heavy atom. The van der Waals surface area contributed by atoms with Crippen molar-refractivity contribution >= 4 is 28.6 Å². The number of hydrogen-bond acceptors (Lipinski definition) is 7. The van der Waals surface area contributed by atoms with E-state index in [9.17, 15) is 9.18 Å². The Kier molecular flexibility index (Phi) is 5.54. The number of benzene rings is 2. The number of nitrogens with two attached hydrogens (primary N) is 1. The number of carbonyl (C=O) groups excluding carboxylic acids is 1. The number of nitrogen functional groups attached to an aromatic ring is 1. The van der Waals surface area contributed by atoms with Crippen molar-refractivity contribution in [1.82, 2.24) is 25.6 Å². The van der Waals surface area contributed by atoms with Gasteiger partial charge in [-0.25, -0.2) is 9.37 Å². The van der Waals surface area contributed by atoms with E-state index in [2.05, 4.69) is 48.1 Å². The lowest BCUT2D eigenvalue weighted by Gasteiger charge is -2.22. The van der Waals surface area contributed by atoms with Crippen LogP contribution in [0.3, 0.4) is 0 Å². The van der Waals surface area contributed by atoms with Gasteiger partial charge >= 0.3 is 0 Å². The van der Waals surface area contributed by atoms with Crippen LogP contribution in [0.5, 0.6) is 0 Å². The maximum atomic E-state index is 14.7. The average molecular weight is 460 g/mol. The van der Waals surface area contributed by atoms with Gasteiger partial charge in [0.2, 0.25) is 5.82 Å². The number of hydrogen-bond donors (Lipinski definition) is 3. The zero-order valence-electron chi connectivity index (χ0n) is 17.3. The normalized spacial score (nSPS) is 13.1. The molecule has 2 heterocycles. The molecule has 2 aromatic heterocycles. The van der Waals surface area contributed by atoms with Crippen molar-refractivity contribution in [2.75, 3.05) is 11.1 Å². The molecule has 0 unspecified atom stereocenters. The summed E-state index contributed by atoms with van der Waals surface area (Å²) in [5.41, 5.74) is 8.27. The zero-order chi connectivity index (χ0) is 22.8. The molecule has 1 fully saturated rings. The van der Waals surface area contributed by atoms with E-state index in [1.807, 2.05) is 6.07 Å². The average Bonchev–Trinajstić information content (AvgIpc) is 3.43. The van der Waals surface area contributed by atoms with Gasteiger partial charge in [-0.05, 0) is 54.3 Å². The number of rotatable bonds is 4. The Balaban J connectivity index is 1.32. The lowest BCUT2D eigenvalue weighted by Crippen LogP contribution is -2.16.